The van der Waals surface area contributed by atoms with Crippen molar-refractivity contribution in [2.45, 2.75) is 17.9 Å². The van der Waals surface area contributed by atoms with E-state index in [1.165, 1.54) is 24.1 Å². The standard InChI is InChI=1S/C14H17N3O4S/c1-16(8-7-14(18)19)22(20,21)13-9-15-17(11-13)10-12-5-3-2-4-6-12/h2-6,9,11H,7-8,10H2,1H3,(H,18,19). The Morgan fingerprint density at radius 1 is 1.32 bits per heavy atom. The van der Waals surface area contributed by atoms with Crippen molar-refractivity contribution in [3.05, 3.63) is 48.3 Å². The minimum atomic E-state index is -3.72. The van der Waals surface area contributed by atoms with E-state index in [0.717, 1.165) is 9.87 Å². The molecule has 118 valence electrons. The average molecular weight is 323 g/mol. The topological polar surface area (TPSA) is 92.5 Å². The number of hydrogen-bond acceptors (Lipinski definition) is 4. The third-order valence-electron chi connectivity index (χ3n) is 3.15. The third kappa shape index (κ3) is 3.92. The Labute approximate surface area is 128 Å². The highest BCUT2D eigenvalue weighted by atomic mass is 32.2. The number of aromatic nitrogens is 2. The van der Waals surface area contributed by atoms with Gasteiger partial charge in [-0.1, -0.05) is 30.3 Å². The smallest absolute Gasteiger partial charge is 0.304 e. The summed E-state index contributed by atoms with van der Waals surface area (Å²) in [6, 6.07) is 9.55. The minimum absolute atomic E-state index is 0.0521. The summed E-state index contributed by atoms with van der Waals surface area (Å²) >= 11 is 0. The van der Waals surface area contributed by atoms with Gasteiger partial charge in [-0.3, -0.25) is 9.48 Å². The van der Waals surface area contributed by atoms with Crippen molar-refractivity contribution >= 4 is 16.0 Å². The minimum Gasteiger partial charge on any atom is -0.481 e. The first kappa shape index (κ1) is 16.2. The Bertz CT molecular complexity index is 740. The van der Waals surface area contributed by atoms with Gasteiger partial charge in [0.15, 0.2) is 0 Å². The molecule has 0 spiro atoms. The Morgan fingerprint density at radius 3 is 2.64 bits per heavy atom. The van der Waals surface area contributed by atoms with Gasteiger partial charge in [0.2, 0.25) is 10.0 Å². The lowest BCUT2D eigenvalue weighted by Gasteiger charge is -2.14. The van der Waals surface area contributed by atoms with Gasteiger partial charge in [-0.05, 0) is 5.56 Å². The molecular formula is C14H17N3O4S. The molecule has 22 heavy (non-hydrogen) atoms. The number of carboxylic acids is 1. The quantitative estimate of drug-likeness (QED) is 0.821. The molecule has 1 N–H and O–H groups in total. The van der Waals surface area contributed by atoms with Crippen LogP contribution in [0.5, 0.6) is 0 Å². The highest BCUT2D eigenvalue weighted by Crippen LogP contribution is 2.14. The zero-order valence-corrected chi connectivity index (χ0v) is 12.9. The normalized spacial score (nSPS) is 11.7. The summed E-state index contributed by atoms with van der Waals surface area (Å²) in [5.41, 5.74) is 1.01. The fraction of sp³-hybridized carbons (Fsp3) is 0.286. The maximum atomic E-state index is 12.3. The molecule has 0 aliphatic heterocycles. The fourth-order valence-electron chi connectivity index (χ4n) is 1.89. The van der Waals surface area contributed by atoms with E-state index < -0.39 is 16.0 Å². The Kier molecular flexibility index (Phi) is 4.94. The van der Waals surface area contributed by atoms with Crippen molar-refractivity contribution in [1.82, 2.24) is 14.1 Å². The van der Waals surface area contributed by atoms with E-state index in [0.29, 0.717) is 6.54 Å². The van der Waals surface area contributed by atoms with Gasteiger partial charge in [-0.15, -0.1) is 0 Å². The molecule has 7 nitrogen and oxygen atoms in total. The van der Waals surface area contributed by atoms with Gasteiger partial charge in [-0.2, -0.15) is 5.10 Å². The van der Waals surface area contributed by atoms with E-state index in [-0.39, 0.29) is 17.9 Å². The maximum Gasteiger partial charge on any atom is 0.304 e. The summed E-state index contributed by atoms with van der Waals surface area (Å²) in [7, 11) is -2.37. The number of aliphatic carboxylic acids is 1. The molecule has 0 aliphatic carbocycles. The molecule has 2 rings (SSSR count). The first-order valence-corrected chi connectivity index (χ1v) is 8.08. The Balaban J connectivity index is 2.11. The van der Waals surface area contributed by atoms with E-state index in [4.69, 9.17) is 5.11 Å². The van der Waals surface area contributed by atoms with Crippen LogP contribution in [-0.4, -0.2) is 47.2 Å². The molecule has 0 radical (unpaired) electrons. The zero-order valence-electron chi connectivity index (χ0n) is 12.1. The number of nitrogens with zero attached hydrogens (tertiary/aromatic N) is 3. The van der Waals surface area contributed by atoms with Crippen LogP contribution in [0.4, 0.5) is 0 Å². The second-order valence-corrected chi connectivity index (χ2v) is 6.87. The highest BCUT2D eigenvalue weighted by Gasteiger charge is 2.23. The number of benzene rings is 1. The number of rotatable bonds is 7. The van der Waals surface area contributed by atoms with Crippen LogP contribution in [0.3, 0.4) is 0 Å². The monoisotopic (exact) mass is 323 g/mol. The summed E-state index contributed by atoms with van der Waals surface area (Å²) in [6.07, 6.45) is 2.48. The molecule has 0 saturated carbocycles. The Hall–Kier alpha value is -2.19. The molecule has 2 aromatic rings. The van der Waals surface area contributed by atoms with Crippen LogP contribution >= 0.6 is 0 Å². The summed E-state index contributed by atoms with van der Waals surface area (Å²) in [5.74, 6) is -1.04. The van der Waals surface area contributed by atoms with E-state index in [1.54, 1.807) is 0 Å². The van der Waals surface area contributed by atoms with Crippen LogP contribution in [0.2, 0.25) is 0 Å². The van der Waals surface area contributed by atoms with Gasteiger partial charge in [0.1, 0.15) is 4.90 Å². The van der Waals surface area contributed by atoms with Gasteiger partial charge >= 0.3 is 5.97 Å². The lowest BCUT2D eigenvalue weighted by molar-refractivity contribution is -0.137. The molecule has 1 aromatic heterocycles. The van der Waals surface area contributed by atoms with Crippen LogP contribution in [-0.2, 0) is 21.4 Å². The average Bonchev–Trinajstić information content (AvgIpc) is 2.95. The van der Waals surface area contributed by atoms with E-state index >= 15 is 0 Å². The van der Waals surface area contributed by atoms with Gasteiger partial charge in [0.25, 0.3) is 0 Å². The molecule has 0 aliphatic rings. The maximum absolute atomic E-state index is 12.3. The second-order valence-electron chi connectivity index (χ2n) is 4.83. The molecule has 0 fully saturated rings. The second kappa shape index (κ2) is 6.71. The number of carboxylic acid groups (broad SMARTS) is 1. The fourth-order valence-corrected chi connectivity index (χ4v) is 3.01. The van der Waals surface area contributed by atoms with Gasteiger partial charge in [0, 0.05) is 19.8 Å². The van der Waals surface area contributed by atoms with Gasteiger partial charge in [0.05, 0.1) is 19.2 Å². The molecule has 8 heteroatoms. The SMILES string of the molecule is CN(CCC(=O)O)S(=O)(=O)c1cnn(Cc2ccccc2)c1. The van der Waals surface area contributed by atoms with Crippen molar-refractivity contribution in [1.29, 1.82) is 0 Å². The molecule has 0 bridgehead atoms. The third-order valence-corrected chi connectivity index (χ3v) is 4.96. The van der Waals surface area contributed by atoms with Crippen LogP contribution in [0.1, 0.15) is 12.0 Å². The summed E-state index contributed by atoms with van der Waals surface area (Å²) in [6.45, 7) is 0.386. The number of hydrogen-bond donors (Lipinski definition) is 1. The van der Waals surface area contributed by atoms with Crippen molar-refractivity contribution in [2.24, 2.45) is 0 Å². The molecule has 1 aromatic carbocycles. The molecule has 0 saturated heterocycles. The summed E-state index contributed by atoms with van der Waals surface area (Å²) in [5, 5.41) is 12.7. The lowest BCUT2D eigenvalue weighted by Crippen LogP contribution is -2.29. The van der Waals surface area contributed by atoms with Crippen molar-refractivity contribution in [3.8, 4) is 0 Å². The summed E-state index contributed by atoms with van der Waals surface area (Å²) in [4.78, 5) is 10.6. The molecule has 0 atom stereocenters. The first-order chi connectivity index (χ1) is 10.4. The predicted octanol–water partition coefficient (Wildman–Crippen LogP) is 1.03. The van der Waals surface area contributed by atoms with Crippen LogP contribution in [0.25, 0.3) is 0 Å². The molecule has 1 heterocycles. The first-order valence-electron chi connectivity index (χ1n) is 6.64. The predicted molar refractivity (Wildman–Crippen MR) is 79.8 cm³/mol. The van der Waals surface area contributed by atoms with E-state index in [2.05, 4.69) is 5.10 Å². The molecular weight excluding hydrogens is 306 g/mol. The zero-order chi connectivity index (χ0) is 16.2. The van der Waals surface area contributed by atoms with Gasteiger partial charge < -0.3 is 5.11 Å². The van der Waals surface area contributed by atoms with E-state index in [1.807, 2.05) is 30.3 Å². The van der Waals surface area contributed by atoms with Crippen LogP contribution in [0, 0.1) is 0 Å². The van der Waals surface area contributed by atoms with Crippen LogP contribution < -0.4 is 0 Å². The van der Waals surface area contributed by atoms with Crippen LogP contribution in [0.15, 0.2) is 47.6 Å². The highest BCUT2D eigenvalue weighted by molar-refractivity contribution is 7.89. The summed E-state index contributed by atoms with van der Waals surface area (Å²) < 4.78 is 27.1. The number of sulfonamides is 1. The Morgan fingerprint density at radius 2 is 2.00 bits per heavy atom. The van der Waals surface area contributed by atoms with Crippen molar-refractivity contribution in [3.63, 3.8) is 0 Å². The lowest BCUT2D eigenvalue weighted by atomic mass is 10.2. The molecule has 0 unspecified atom stereocenters. The van der Waals surface area contributed by atoms with Crippen molar-refractivity contribution < 1.29 is 18.3 Å². The van der Waals surface area contributed by atoms with E-state index in [9.17, 15) is 13.2 Å². The van der Waals surface area contributed by atoms with Gasteiger partial charge in [-0.25, -0.2) is 12.7 Å². The number of carbonyl (C=O) groups is 1. The molecule has 0 amide bonds. The van der Waals surface area contributed by atoms with Crippen molar-refractivity contribution in [2.75, 3.05) is 13.6 Å². The largest absolute Gasteiger partial charge is 0.481 e.